The van der Waals surface area contributed by atoms with Gasteiger partial charge in [-0.05, 0) is 5.41 Å². The second kappa shape index (κ2) is 5.12. The van der Waals surface area contributed by atoms with Crippen LogP contribution < -0.4 is 10.9 Å². The predicted molar refractivity (Wildman–Crippen MR) is 68.7 cm³/mol. The molecule has 0 radical (unpaired) electrons. The molecular formula is C10H22N4O3S. The summed E-state index contributed by atoms with van der Waals surface area (Å²) >= 11 is 0. The van der Waals surface area contributed by atoms with Crippen LogP contribution in [0.2, 0.25) is 0 Å². The standard InChI is InChI=1S/C10H22N4O3S/c1-10(2,3)8(11)9(15)13-4-6-14(7-5-13)18(12,16)17/h8H,4-7,11H2,1-3H3,(H2,12,16,17). The zero-order chi connectivity index (χ0) is 14.1. The van der Waals surface area contributed by atoms with Gasteiger partial charge in [0.2, 0.25) is 5.91 Å². The third-order valence-electron chi connectivity index (χ3n) is 3.11. The number of carbonyl (C=O) groups excluding carboxylic acids is 1. The zero-order valence-corrected chi connectivity index (χ0v) is 11.9. The number of nitrogens with zero attached hydrogens (tertiary/aromatic N) is 2. The summed E-state index contributed by atoms with van der Waals surface area (Å²) in [6.07, 6.45) is 0. The van der Waals surface area contributed by atoms with Gasteiger partial charge in [0.1, 0.15) is 0 Å². The van der Waals surface area contributed by atoms with Crippen molar-refractivity contribution in [2.24, 2.45) is 16.3 Å². The van der Waals surface area contributed by atoms with Crippen LogP contribution in [0.4, 0.5) is 0 Å². The lowest BCUT2D eigenvalue weighted by molar-refractivity contribution is -0.136. The highest BCUT2D eigenvalue weighted by Crippen LogP contribution is 2.19. The fourth-order valence-electron chi connectivity index (χ4n) is 1.73. The molecule has 4 N–H and O–H groups in total. The van der Waals surface area contributed by atoms with E-state index >= 15 is 0 Å². The maximum absolute atomic E-state index is 12.1. The van der Waals surface area contributed by atoms with E-state index < -0.39 is 16.3 Å². The molecule has 0 bridgehead atoms. The Morgan fingerprint density at radius 3 is 1.94 bits per heavy atom. The topological polar surface area (TPSA) is 110 Å². The molecule has 7 nitrogen and oxygen atoms in total. The van der Waals surface area contributed by atoms with Crippen molar-refractivity contribution in [3.63, 3.8) is 0 Å². The number of nitrogens with two attached hydrogens (primary N) is 2. The van der Waals surface area contributed by atoms with Gasteiger partial charge in [-0.15, -0.1) is 0 Å². The van der Waals surface area contributed by atoms with E-state index in [1.165, 1.54) is 4.31 Å². The van der Waals surface area contributed by atoms with Crippen LogP contribution >= 0.6 is 0 Å². The number of amides is 1. The predicted octanol–water partition coefficient (Wildman–Crippen LogP) is -1.29. The van der Waals surface area contributed by atoms with Crippen molar-refractivity contribution in [3.05, 3.63) is 0 Å². The monoisotopic (exact) mass is 278 g/mol. The number of carbonyl (C=O) groups is 1. The minimum Gasteiger partial charge on any atom is -0.339 e. The maximum atomic E-state index is 12.1. The Hall–Kier alpha value is -0.700. The van der Waals surface area contributed by atoms with E-state index in [1.807, 2.05) is 20.8 Å². The molecule has 0 aromatic heterocycles. The van der Waals surface area contributed by atoms with Crippen LogP contribution in [0.1, 0.15) is 20.8 Å². The van der Waals surface area contributed by atoms with Crippen molar-refractivity contribution in [1.82, 2.24) is 9.21 Å². The zero-order valence-electron chi connectivity index (χ0n) is 11.1. The summed E-state index contributed by atoms with van der Waals surface area (Å²) in [5.74, 6) is -0.142. The first-order chi connectivity index (χ1) is 8.03. The molecule has 0 aromatic carbocycles. The second-order valence-electron chi connectivity index (χ2n) is 5.61. The molecule has 1 saturated heterocycles. The molecule has 1 rings (SSSR count). The van der Waals surface area contributed by atoms with Gasteiger partial charge in [-0.2, -0.15) is 12.7 Å². The van der Waals surface area contributed by atoms with Crippen LogP contribution in [0.15, 0.2) is 0 Å². The molecule has 1 aliphatic heterocycles. The molecule has 8 heteroatoms. The third-order valence-corrected chi connectivity index (χ3v) is 4.19. The lowest BCUT2D eigenvalue weighted by Crippen LogP contribution is -2.57. The van der Waals surface area contributed by atoms with Crippen molar-refractivity contribution >= 4 is 16.1 Å². The quantitative estimate of drug-likeness (QED) is 0.654. The average molecular weight is 278 g/mol. The van der Waals surface area contributed by atoms with Gasteiger partial charge in [0.15, 0.2) is 0 Å². The number of hydrogen-bond donors (Lipinski definition) is 2. The molecule has 106 valence electrons. The third kappa shape index (κ3) is 3.64. The normalized spacial score (nSPS) is 20.8. The first-order valence-corrected chi connectivity index (χ1v) is 7.36. The molecular weight excluding hydrogens is 256 g/mol. The molecule has 0 saturated carbocycles. The SMILES string of the molecule is CC(C)(C)C(N)C(=O)N1CCN(S(N)(=O)=O)CC1. The van der Waals surface area contributed by atoms with Gasteiger partial charge < -0.3 is 10.6 Å². The molecule has 0 aliphatic carbocycles. The van der Waals surface area contributed by atoms with Gasteiger partial charge in [-0.3, -0.25) is 4.79 Å². The molecule has 18 heavy (non-hydrogen) atoms. The van der Waals surface area contributed by atoms with Crippen molar-refractivity contribution < 1.29 is 13.2 Å². The lowest BCUT2D eigenvalue weighted by atomic mass is 9.86. The Morgan fingerprint density at radius 2 is 1.61 bits per heavy atom. The lowest BCUT2D eigenvalue weighted by Gasteiger charge is -2.37. The average Bonchev–Trinajstić information content (AvgIpc) is 2.25. The van der Waals surface area contributed by atoms with E-state index in [1.54, 1.807) is 4.90 Å². The summed E-state index contributed by atoms with van der Waals surface area (Å²) in [6, 6.07) is -0.585. The molecule has 1 aliphatic rings. The van der Waals surface area contributed by atoms with E-state index in [4.69, 9.17) is 10.9 Å². The molecule has 0 aromatic rings. The summed E-state index contributed by atoms with van der Waals surface area (Å²) < 4.78 is 23.4. The summed E-state index contributed by atoms with van der Waals surface area (Å²) in [5.41, 5.74) is 5.59. The highest BCUT2D eigenvalue weighted by Gasteiger charge is 2.33. The Labute approximate surface area is 108 Å². The van der Waals surface area contributed by atoms with E-state index in [0.29, 0.717) is 13.1 Å². The first kappa shape index (κ1) is 15.4. The molecule has 1 amide bonds. The van der Waals surface area contributed by atoms with Gasteiger partial charge in [-0.1, -0.05) is 20.8 Å². The van der Waals surface area contributed by atoms with Gasteiger partial charge in [0.05, 0.1) is 6.04 Å². The van der Waals surface area contributed by atoms with E-state index in [-0.39, 0.29) is 24.4 Å². The smallest absolute Gasteiger partial charge is 0.277 e. The minimum atomic E-state index is -3.66. The summed E-state index contributed by atoms with van der Waals surface area (Å²) in [4.78, 5) is 13.7. The summed E-state index contributed by atoms with van der Waals surface area (Å²) in [7, 11) is -3.66. The van der Waals surface area contributed by atoms with Gasteiger partial charge in [-0.25, -0.2) is 5.14 Å². The summed E-state index contributed by atoms with van der Waals surface area (Å²) in [6.45, 7) is 6.81. The van der Waals surface area contributed by atoms with Crippen LogP contribution in [-0.4, -0.2) is 55.8 Å². The van der Waals surface area contributed by atoms with Gasteiger partial charge in [0.25, 0.3) is 10.2 Å². The first-order valence-electron chi connectivity index (χ1n) is 5.85. The van der Waals surface area contributed by atoms with Crippen LogP contribution in [0.3, 0.4) is 0 Å². The van der Waals surface area contributed by atoms with Crippen molar-refractivity contribution in [3.8, 4) is 0 Å². The van der Waals surface area contributed by atoms with Crippen LogP contribution in [0, 0.1) is 5.41 Å². The second-order valence-corrected chi connectivity index (χ2v) is 7.16. The number of piperazine rings is 1. The van der Waals surface area contributed by atoms with E-state index in [0.717, 1.165) is 0 Å². The fraction of sp³-hybridized carbons (Fsp3) is 0.900. The number of hydrogen-bond acceptors (Lipinski definition) is 4. The fourth-order valence-corrected chi connectivity index (χ4v) is 2.40. The van der Waals surface area contributed by atoms with E-state index in [2.05, 4.69) is 0 Å². The molecule has 1 atom stereocenters. The Balaban J connectivity index is 2.61. The highest BCUT2D eigenvalue weighted by atomic mass is 32.2. The van der Waals surface area contributed by atoms with Gasteiger partial charge in [0, 0.05) is 26.2 Å². The van der Waals surface area contributed by atoms with Gasteiger partial charge >= 0.3 is 0 Å². The van der Waals surface area contributed by atoms with Crippen LogP contribution in [0.5, 0.6) is 0 Å². The molecule has 0 spiro atoms. The molecule has 1 heterocycles. The Kier molecular flexibility index (Phi) is 4.37. The molecule has 1 fully saturated rings. The summed E-state index contributed by atoms with van der Waals surface area (Å²) in [5, 5.41) is 5.03. The van der Waals surface area contributed by atoms with E-state index in [9.17, 15) is 13.2 Å². The van der Waals surface area contributed by atoms with Crippen molar-refractivity contribution in [2.75, 3.05) is 26.2 Å². The number of rotatable bonds is 2. The van der Waals surface area contributed by atoms with Crippen LogP contribution in [0.25, 0.3) is 0 Å². The maximum Gasteiger partial charge on any atom is 0.277 e. The Bertz CT molecular complexity index is 407. The van der Waals surface area contributed by atoms with Crippen molar-refractivity contribution in [2.45, 2.75) is 26.8 Å². The Morgan fingerprint density at radius 1 is 1.17 bits per heavy atom. The minimum absolute atomic E-state index is 0.142. The van der Waals surface area contributed by atoms with Crippen molar-refractivity contribution in [1.29, 1.82) is 0 Å². The van der Waals surface area contributed by atoms with Crippen LogP contribution in [-0.2, 0) is 15.0 Å². The molecule has 1 unspecified atom stereocenters. The largest absolute Gasteiger partial charge is 0.339 e. The highest BCUT2D eigenvalue weighted by molar-refractivity contribution is 7.86.